The minimum Gasteiger partial charge on any atom is -0.370 e. The van der Waals surface area contributed by atoms with Crippen molar-refractivity contribution in [1.82, 2.24) is 10.3 Å². The summed E-state index contributed by atoms with van der Waals surface area (Å²) in [5.74, 6) is -0.391. The molecule has 0 saturated carbocycles. The van der Waals surface area contributed by atoms with Crippen molar-refractivity contribution in [2.24, 2.45) is 5.73 Å². The summed E-state index contributed by atoms with van der Waals surface area (Å²) in [5, 5.41) is 4.51. The topological polar surface area (TPSA) is 74.2 Å². The first-order valence-corrected chi connectivity index (χ1v) is 7.36. The van der Waals surface area contributed by atoms with Crippen LogP contribution in [-0.4, -0.2) is 37.1 Å². The lowest BCUT2D eigenvalue weighted by molar-refractivity contribution is 0.100. The molecule has 0 bridgehead atoms. The monoisotopic (exact) mass is 286 g/mol. The van der Waals surface area contributed by atoms with Crippen molar-refractivity contribution in [3.05, 3.63) is 29.0 Å². The van der Waals surface area contributed by atoms with Crippen molar-refractivity contribution in [3.8, 4) is 0 Å². The molecule has 112 valence electrons. The molecule has 1 saturated heterocycles. The van der Waals surface area contributed by atoms with E-state index < -0.39 is 5.91 Å². The molecule has 2 aromatic rings. The molecule has 1 atom stereocenters. The van der Waals surface area contributed by atoms with E-state index >= 15 is 0 Å². The molecule has 1 fully saturated rings. The minimum absolute atomic E-state index is 0.391. The summed E-state index contributed by atoms with van der Waals surface area (Å²) in [6, 6.07) is 4.33. The highest BCUT2D eigenvalue weighted by atomic mass is 16.1. The fourth-order valence-electron chi connectivity index (χ4n) is 3.24. The summed E-state index contributed by atoms with van der Waals surface area (Å²) in [6.45, 7) is 6.17. The second-order valence-corrected chi connectivity index (χ2v) is 5.88. The van der Waals surface area contributed by atoms with E-state index in [1.54, 1.807) is 0 Å². The number of hydrogen-bond donors (Lipinski definition) is 3. The molecule has 5 nitrogen and oxygen atoms in total. The number of H-pyrrole nitrogens is 1. The standard InChI is InChI=1S/C16H22N4O/c1-9-10(2)19-15-12(16(17)21)4-5-13(14(9)15)20(3)11-6-7-18-8-11/h4-5,11,18-19H,6-8H2,1-3H3,(H2,17,21). The second kappa shape index (κ2) is 5.07. The van der Waals surface area contributed by atoms with Crippen LogP contribution in [0, 0.1) is 13.8 Å². The van der Waals surface area contributed by atoms with Crippen LogP contribution in [0.25, 0.3) is 10.9 Å². The van der Waals surface area contributed by atoms with E-state index in [1.807, 2.05) is 19.1 Å². The molecule has 5 heteroatoms. The fourth-order valence-corrected chi connectivity index (χ4v) is 3.24. The Morgan fingerprint density at radius 1 is 1.38 bits per heavy atom. The van der Waals surface area contributed by atoms with E-state index in [4.69, 9.17) is 5.73 Å². The van der Waals surface area contributed by atoms with Crippen molar-refractivity contribution < 1.29 is 4.79 Å². The van der Waals surface area contributed by atoms with Gasteiger partial charge in [0.1, 0.15) is 0 Å². The zero-order valence-electron chi connectivity index (χ0n) is 12.8. The van der Waals surface area contributed by atoms with Gasteiger partial charge >= 0.3 is 0 Å². The smallest absolute Gasteiger partial charge is 0.250 e. The molecular formula is C16H22N4O. The van der Waals surface area contributed by atoms with Gasteiger partial charge in [0.15, 0.2) is 0 Å². The number of hydrogen-bond acceptors (Lipinski definition) is 3. The Kier molecular flexibility index (Phi) is 3.37. The number of anilines is 1. The lowest BCUT2D eigenvalue weighted by atomic mass is 10.0. The molecule has 0 spiro atoms. The number of fused-ring (bicyclic) bond motifs is 1. The third-order valence-corrected chi connectivity index (χ3v) is 4.66. The van der Waals surface area contributed by atoms with Gasteiger partial charge < -0.3 is 20.9 Å². The average molecular weight is 286 g/mol. The van der Waals surface area contributed by atoms with Crippen molar-refractivity contribution in [2.45, 2.75) is 26.3 Å². The first-order chi connectivity index (χ1) is 10.0. The second-order valence-electron chi connectivity index (χ2n) is 5.88. The number of aryl methyl sites for hydroxylation is 2. The summed E-state index contributed by atoms with van der Waals surface area (Å²) in [5.41, 5.74) is 10.3. The normalized spacial score (nSPS) is 18.3. The van der Waals surface area contributed by atoms with Crippen LogP contribution in [0.15, 0.2) is 12.1 Å². The number of rotatable bonds is 3. The summed E-state index contributed by atoms with van der Waals surface area (Å²) in [6.07, 6.45) is 1.14. The van der Waals surface area contributed by atoms with Gasteiger partial charge in [-0.2, -0.15) is 0 Å². The van der Waals surface area contributed by atoms with E-state index in [0.29, 0.717) is 11.6 Å². The van der Waals surface area contributed by atoms with Crippen molar-refractivity contribution in [1.29, 1.82) is 0 Å². The van der Waals surface area contributed by atoms with Gasteiger partial charge in [-0.3, -0.25) is 4.79 Å². The molecule has 1 aliphatic heterocycles. The van der Waals surface area contributed by atoms with E-state index in [2.05, 4.69) is 29.2 Å². The number of primary amides is 1. The molecule has 0 radical (unpaired) electrons. The minimum atomic E-state index is -0.391. The predicted octanol–water partition coefficient (Wildman–Crippen LogP) is 1.68. The highest BCUT2D eigenvalue weighted by molar-refractivity contribution is 6.10. The third-order valence-electron chi connectivity index (χ3n) is 4.66. The number of aromatic nitrogens is 1. The van der Waals surface area contributed by atoms with Crippen LogP contribution in [0.2, 0.25) is 0 Å². The van der Waals surface area contributed by atoms with Crippen LogP contribution in [0.4, 0.5) is 5.69 Å². The Balaban J connectivity index is 2.19. The van der Waals surface area contributed by atoms with Gasteiger partial charge in [-0.15, -0.1) is 0 Å². The van der Waals surface area contributed by atoms with Crippen molar-refractivity contribution >= 4 is 22.5 Å². The van der Waals surface area contributed by atoms with E-state index in [9.17, 15) is 4.79 Å². The fraction of sp³-hybridized carbons (Fsp3) is 0.438. The zero-order valence-corrected chi connectivity index (χ0v) is 12.8. The summed E-state index contributed by atoms with van der Waals surface area (Å²) in [7, 11) is 2.12. The maximum absolute atomic E-state index is 11.7. The van der Waals surface area contributed by atoms with Crippen molar-refractivity contribution in [3.63, 3.8) is 0 Å². The molecule has 1 amide bonds. The maximum Gasteiger partial charge on any atom is 0.250 e. The quantitative estimate of drug-likeness (QED) is 0.803. The van der Waals surface area contributed by atoms with Gasteiger partial charge in [0.25, 0.3) is 5.91 Å². The van der Waals surface area contributed by atoms with Gasteiger partial charge in [0.2, 0.25) is 0 Å². The Labute approximate surface area is 124 Å². The number of nitrogens with one attached hydrogen (secondary N) is 2. The lowest BCUT2D eigenvalue weighted by Gasteiger charge is -2.27. The third kappa shape index (κ3) is 2.17. The average Bonchev–Trinajstić information content (AvgIpc) is 3.07. The first kappa shape index (κ1) is 13.9. The molecule has 2 heterocycles. The summed E-state index contributed by atoms with van der Waals surface area (Å²) >= 11 is 0. The molecule has 0 aliphatic carbocycles. The number of likely N-dealkylation sites (N-methyl/N-ethyl adjacent to an activating group) is 1. The van der Waals surface area contributed by atoms with Crippen LogP contribution in [0.1, 0.15) is 28.0 Å². The number of amides is 1. The SMILES string of the molecule is Cc1[nH]c2c(C(N)=O)ccc(N(C)C3CCNC3)c2c1C. The van der Waals surface area contributed by atoms with Crippen LogP contribution in [0.3, 0.4) is 0 Å². The molecular weight excluding hydrogens is 264 g/mol. The van der Waals surface area contributed by atoms with Gasteiger partial charge in [-0.25, -0.2) is 0 Å². The highest BCUT2D eigenvalue weighted by Crippen LogP contribution is 2.34. The maximum atomic E-state index is 11.7. The molecule has 1 aliphatic rings. The van der Waals surface area contributed by atoms with Gasteiger partial charge in [-0.05, 0) is 44.5 Å². The molecule has 3 rings (SSSR count). The van der Waals surface area contributed by atoms with Gasteiger partial charge in [-0.1, -0.05) is 0 Å². The van der Waals surface area contributed by atoms with Gasteiger partial charge in [0, 0.05) is 36.4 Å². The van der Waals surface area contributed by atoms with E-state index in [-0.39, 0.29) is 0 Å². The largest absolute Gasteiger partial charge is 0.370 e. The highest BCUT2D eigenvalue weighted by Gasteiger charge is 2.23. The number of carbonyl (C=O) groups excluding carboxylic acids is 1. The van der Waals surface area contributed by atoms with Crippen LogP contribution >= 0.6 is 0 Å². The van der Waals surface area contributed by atoms with Crippen LogP contribution in [-0.2, 0) is 0 Å². The predicted molar refractivity (Wildman–Crippen MR) is 86.0 cm³/mol. The number of carbonyl (C=O) groups is 1. The molecule has 4 N–H and O–H groups in total. The zero-order chi connectivity index (χ0) is 15.1. The van der Waals surface area contributed by atoms with Crippen molar-refractivity contribution in [2.75, 3.05) is 25.0 Å². The van der Waals surface area contributed by atoms with Gasteiger partial charge in [0.05, 0.1) is 11.1 Å². The van der Waals surface area contributed by atoms with E-state index in [1.165, 1.54) is 5.56 Å². The summed E-state index contributed by atoms with van der Waals surface area (Å²) in [4.78, 5) is 17.3. The molecule has 21 heavy (non-hydrogen) atoms. The molecule has 1 aromatic carbocycles. The number of nitrogens with zero attached hydrogens (tertiary/aromatic N) is 1. The van der Waals surface area contributed by atoms with E-state index in [0.717, 1.165) is 41.8 Å². The van der Waals surface area contributed by atoms with Crippen LogP contribution < -0.4 is 16.0 Å². The Morgan fingerprint density at radius 2 is 2.14 bits per heavy atom. The summed E-state index contributed by atoms with van der Waals surface area (Å²) < 4.78 is 0. The Hall–Kier alpha value is -2.01. The number of nitrogens with two attached hydrogens (primary N) is 1. The number of aromatic amines is 1. The number of benzene rings is 1. The molecule has 1 unspecified atom stereocenters. The first-order valence-electron chi connectivity index (χ1n) is 7.36. The Bertz CT molecular complexity index is 698. The Morgan fingerprint density at radius 3 is 2.76 bits per heavy atom. The molecule has 1 aromatic heterocycles. The lowest BCUT2D eigenvalue weighted by Crippen LogP contribution is -2.33. The van der Waals surface area contributed by atoms with Crippen LogP contribution in [0.5, 0.6) is 0 Å².